The molecule has 21 heavy (non-hydrogen) atoms. The number of rotatable bonds is 4. The van der Waals surface area contributed by atoms with E-state index in [9.17, 15) is 0 Å². The lowest BCUT2D eigenvalue weighted by atomic mass is 9.95. The van der Waals surface area contributed by atoms with Crippen LogP contribution in [0.4, 0.5) is 5.69 Å². The maximum Gasteiger partial charge on any atom is 0.0369 e. The molecule has 118 valence electrons. The number of anilines is 1. The Morgan fingerprint density at radius 1 is 1.29 bits per heavy atom. The van der Waals surface area contributed by atoms with E-state index < -0.39 is 0 Å². The van der Waals surface area contributed by atoms with Crippen LogP contribution in [0.25, 0.3) is 0 Å². The Morgan fingerprint density at radius 2 is 2.00 bits per heavy atom. The van der Waals surface area contributed by atoms with Crippen molar-refractivity contribution in [2.24, 2.45) is 11.8 Å². The van der Waals surface area contributed by atoms with Gasteiger partial charge in [-0.25, -0.2) is 0 Å². The molecule has 1 fully saturated rings. The zero-order valence-corrected chi connectivity index (χ0v) is 14.7. The van der Waals surface area contributed by atoms with Gasteiger partial charge in [-0.2, -0.15) is 0 Å². The van der Waals surface area contributed by atoms with Gasteiger partial charge in [-0.05, 0) is 69.2 Å². The molecule has 1 aliphatic rings. The van der Waals surface area contributed by atoms with Crippen molar-refractivity contribution in [2.75, 3.05) is 18.0 Å². The zero-order chi connectivity index (χ0) is 15.6. The minimum absolute atomic E-state index is 0.171. The summed E-state index contributed by atoms with van der Waals surface area (Å²) in [6.45, 7) is 17.0. The van der Waals surface area contributed by atoms with Crippen molar-refractivity contribution in [3.05, 3.63) is 29.3 Å². The molecular formula is C19H32N2. The molecule has 0 saturated carbocycles. The molecule has 2 rings (SSSR count). The van der Waals surface area contributed by atoms with Crippen molar-refractivity contribution in [2.45, 2.75) is 60.0 Å². The van der Waals surface area contributed by atoms with Crippen molar-refractivity contribution in [1.29, 1.82) is 0 Å². The second-order valence-corrected chi connectivity index (χ2v) is 7.95. The summed E-state index contributed by atoms with van der Waals surface area (Å²) in [4.78, 5) is 2.55. The largest absolute Gasteiger partial charge is 0.371 e. The van der Waals surface area contributed by atoms with E-state index in [1.165, 1.54) is 36.3 Å². The molecule has 1 saturated heterocycles. The molecule has 0 bridgehead atoms. The van der Waals surface area contributed by atoms with Crippen molar-refractivity contribution < 1.29 is 0 Å². The number of nitrogens with zero attached hydrogens (tertiary/aromatic N) is 1. The Labute approximate surface area is 130 Å². The normalized spacial score (nSPS) is 19.6. The highest BCUT2D eigenvalue weighted by Crippen LogP contribution is 2.29. The van der Waals surface area contributed by atoms with E-state index in [0.717, 1.165) is 18.4 Å². The Balaban J connectivity index is 2.02. The van der Waals surface area contributed by atoms with Crippen molar-refractivity contribution in [3.8, 4) is 0 Å². The van der Waals surface area contributed by atoms with Crippen LogP contribution in [-0.4, -0.2) is 18.6 Å². The fourth-order valence-corrected chi connectivity index (χ4v) is 3.00. The van der Waals surface area contributed by atoms with Crippen LogP contribution in [0.3, 0.4) is 0 Å². The van der Waals surface area contributed by atoms with Gasteiger partial charge in [0.1, 0.15) is 0 Å². The summed E-state index contributed by atoms with van der Waals surface area (Å²) >= 11 is 0. The van der Waals surface area contributed by atoms with E-state index in [2.05, 4.69) is 70.0 Å². The third-order valence-corrected chi connectivity index (χ3v) is 4.67. The van der Waals surface area contributed by atoms with Gasteiger partial charge in [0.15, 0.2) is 0 Å². The fraction of sp³-hybridized carbons (Fsp3) is 0.684. The molecule has 1 atom stereocenters. The van der Waals surface area contributed by atoms with Gasteiger partial charge in [-0.1, -0.05) is 19.9 Å². The fourth-order valence-electron chi connectivity index (χ4n) is 3.00. The number of benzene rings is 1. The Morgan fingerprint density at radius 3 is 2.52 bits per heavy atom. The van der Waals surface area contributed by atoms with Crippen LogP contribution in [0.2, 0.25) is 0 Å². The summed E-state index contributed by atoms with van der Waals surface area (Å²) in [5, 5.41) is 3.58. The first kappa shape index (κ1) is 16.4. The first-order valence-electron chi connectivity index (χ1n) is 8.36. The maximum absolute atomic E-state index is 3.58. The minimum atomic E-state index is 0.171. The molecule has 0 radical (unpaired) electrons. The Kier molecular flexibility index (Phi) is 4.98. The van der Waals surface area contributed by atoms with Gasteiger partial charge in [0.2, 0.25) is 0 Å². The van der Waals surface area contributed by atoms with Gasteiger partial charge in [0.25, 0.3) is 0 Å². The highest BCUT2D eigenvalue weighted by molar-refractivity contribution is 5.51. The van der Waals surface area contributed by atoms with Crippen LogP contribution in [0.15, 0.2) is 18.2 Å². The molecule has 1 aromatic rings. The number of aryl methyl sites for hydroxylation is 1. The van der Waals surface area contributed by atoms with Gasteiger partial charge < -0.3 is 10.2 Å². The van der Waals surface area contributed by atoms with Crippen molar-refractivity contribution in [1.82, 2.24) is 5.32 Å². The first-order valence-corrected chi connectivity index (χ1v) is 8.36. The van der Waals surface area contributed by atoms with Gasteiger partial charge >= 0.3 is 0 Å². The number of hydrogen-bond acceptors (Lipinski definition) is 2. The summed E-state index contributed by atoms with van der Waals surface area (Å²) in [7, 11) is 0. The molecule has 2 heteroatoms. The van der Waals surface area contributed by atoms with Gasteiger partial charge in [0.05, 0.1) is 0 Å². The van der Waals surface area contributed by atoms with E-state index in [0.29, 0.717) is 0 Å². The lowest BCUT2D eigenvalue weighted by molar-refractivity contribution is 0.422. The molecular weight excluding hydrogens is 256 g/mol. The van der Waals surface area contributed by atoms with Gasteiger partial charge in [0, 0.05) is 30.9 Å². The number of hydrogen-bond donors (Lipinski definition) is 1. The predicted octanol–water partition coefficient (Wildman–Crippen LogP) is 4.37. The minimum Gasteiger partial charge on any atom is -0.371 e. The smallest absolute Gasteiger partial charge is 0.0369 e. The maximum atomic E-state index is 3.58. The SMILES string of the molecule is Cc1cc(N2CCC(C(C)C)C2)ccc1CNC(C)(C)C. The van der Waals surface area contributed by atoms with Crippen LogP contribution >= 0.6 is 0 Å². The molecule has 1 N–H and O–H groups in total. The molecule has 1 heterocycles. The van der Waals surface area contributed by atoms with Crippen LogP contribution in [0, 0.1) is 18.8 Å². The highest BCUT2D eigenvalue weighted by atomic mass is 15.1. The lowest BCUT2D eigenvalue weighted by Crippen LogP contribution is -2.35. The van der Waals surface area contributed by atoms with Gasteiger partial charge in [-0.3, -0.25) is 0 Å². The molecule has 0 spiro atoms. The van der Waals surface area contributed by atoms with Crippen LogP contribution < -0.4 is 10.2 Å². The number of nitrogens with one attached hydrogen (secondary N) is 1. The Hall–Kier alpha value is -1.02. The third-order valence-electron chi connectivity index (χ3n) is 4.67. The van der Waals surface area contributed by atoms with E-state index in [4.69, 9.17) is 0 Å². The molecule has 1 aliphatic heterocycles. The Bertz CT molecular complexity index is 471. The molecule has 2 nitrogen and oxygen atoms in total. The monoisotopic (exact) mass is 288 g/mol. The molecule has 1 unspecified atom stereocenters. The van der Waals surface area contributed by atoms with E-state index >= 15 is 0 Å². The standard InChI is InChI=1S/C19H32N2/c1-14(2)17-9-10-21(13-17)18-8-7-16(15(3)11-18)12-20-19(4,5)6/h7-8,11,14,17,20H,9-10,12-13H2,1-6H3. The highest BCUT2D eigenvalue weighted by Gasteiger charge is 2.25. The summed E-state index contributed by atoms with van der Waals surface area (Å²) in [6.07, 6.45) is 1.34. The summed E-state index contributed by atoms with van der Waals surface area (Å²) in [6, 6.07) is 6.96. The summed E-state index contributed by atoms with van der Waals surface area (Å²) < 4.78 is 0. The van der Waals surface area contributed by atoms with Gasteiger partial charge in [-0.15, -0.1) is 0 Å². The topological polar surface area (TPSA) is 15.3 Å². The molecule has 0 aromatic heterocycles. The van der Waals surface area contributed by atoms with Crippen LogP contribution in [0.5, 0.6) is 0 Å². The summed E-state index contributed by atoms with van der Waals surface area (Å²) in [5.41, 5.74) is 4.38. The second kappa shape index (κ2) is 6.39. The molecule has 1 aromatic carbocycles. The summed E-state index contributed by atoms with van der Waals surface area (Å²) in [5.74, 6) is 1.65. The third kappa shape index (κ3) is 4.47. The molecule has 0 aliphatic carbocycles. The van der Waals surface area contributed by atoms with Crippen LogP contribution in [0.1, 0.15) is 52.2 Å². The molecule has 0 amide bonds. The average Bonchev–Trinajstić information content (AvgIpc) is 2.85. The first-order chi connectivity index (χ1) is 9.76. The zero-order valence-electron chi connectivity index (χ0n) is 14.7. The van der Waals surface area contributed by atoms with E-state index in [-0.39, 0.29) is 5.54 Å². The van der Waals surface area contributed by atoms with E-state index in [1.807, 2.05) is 0 Å². The van der Waals surface area contributed by atoms with Crippen molar-refractivity contribution in [3.63, 3.8) is 0 Å². The van der Waals surface area contributed by atoms with Crippen molar-refractivity contribution >= 4 is 5.69 Å². The predicted molar refractivity (Wildman–Crippen MR) is 92.9 cm³/mol. The average molecular weight is 288 g/mol. The lowest BCUT2D eigenvalue weighted by Gasteiger charge is -2.23. The van der Waals surface area contributed by atoms with E-state index in [1.54, 1.807) is 0 Å². The quantitative estimate of drug-likeness (QED) is 0.885. The second-order valence-electron chi connectivity index (χ2n) is 7.95. The van der Waals surface area contributed by atoms with Crippen LogP contribution in [-0.2, 0) is 6.54 Å².